The quantitative estimate of drug-likeness (QED) is 0.706. The molecule has 1 aliphatic heterocycles. The number of benzene rings is 1. The molecule has 1 aromatic rings. The molecule has 0 saturated heterocycles. The summed E-state index contributed by atoms with van der Waals surface area (Å²) in [5, 5.41) is 0. The Kier molecular flexibility index (Phi) is 3.04. The molecule has 1 heterocycles. The van der Waals surface area contributed by atoms with E-state index in [1.807, 2.05) is 24.3 Å². The van der Waals surface area contributed by atoms with Crippen molar-refractivity contribution in [1.29, 1.82) is 0 Å². The van der Waals surface area contributed by atoms with Crippen LogP contribution in [0.25, 0.3) is 5.57 Å². The Morgan fingerprint density at radius 2 is 2.13 bits per heavy atom. The molecule has 80 valence electrons. The van der Waals surface area contributed by atoms with Crippen LogP contribution < -0.4 is 4.74 Å². The van der Waals surface area contributed by atoms with Gasteiger partial charge in [0, 0.05) is 18.2 Å². The topological polar surface area (TPSA) is 27.7 Å². The number of hydrogen-bond acceptors (Lipinski definition) is 3. The third-order valence-electron chi connectivity index (χ3n) is 2.31. The van der Waals surface area contributed by atoms with Gasteiger partial charge in [-0.15, -0.1) is 0 Å². The maximum atomic E-state index is 5.59. The van der Waals surface area contributed by atoms with Gasteiger partial charge in [0.05, 0.1) is 13.2 Å². The van der Waals surface area contributed by atoms with E-state index in [0.29, 0.717) is 13.2 Å². The van der Waals surface area contributed by atoms with E-state index >= 15 is 0 Å². The van der Waals surface area contributed by atoms with Gasteiger partial charge in [0.2, 0.25) is 6.29 Å². The lowest BCUT2D eigenvalue weighted by molar-refractivity contribution is -0.0477. The molecule has 1 aliphatic rings. The molecule has 0 radical (unpaired) electrons. The van der Waals surface area contributed by atoms with Gasteiger partial charge in [-0.25, -0.2) is 0 Å². The molecule has 0 bridgehead atoms. The highest BCUT2D eigenvalue weighted by Gasteiger charge is 2.26. The molecule has 0 saturated carbocycles. The second kappa shape index (κ2) is 4.47. The Hall–Kier alpha value is -1.32. The van der Waals surface area contributed by atoms with Gasteiger partial charge in [0.1, 0.15) is 5.75 Å². The van der Waals surface area contributed by atoms with Crippen molar-refractivity contribution >= 4 is 5.57 Å². The predicted molar refractivity (Wildman–Crippen MR) is 57.7 cm³/mol. The molecular weight excluding hydrogens is 192 g/mol. The van der Waals surface area contributed by atoms with Gasteiger partial charge >= 0.3 is 0 Å². The third kappa shape index (κ3) is 2.03. The lowest BCUT2D eigenvalue weighted by atomic mass is 10.1. The normalized spacial score (nSPS) is 18.7. The van der Waals surface area contributed by atoms with Gasteiger partial charge in [-0.3, -0.25) is 0 Å². The fourth-order valence-corrected chi connectivity index (χ4v) is 1.52. The minimum atomic E-state index is -0.363. The monoisotopic (exact) mass is 206 g/mol. The molecule has 0 aliphatic carbocycles. The lowest BCUT2D eigenvalue weighted by Crippen LogP contribution is -2.18. The van der Waals surface area contributed by atoms with Crippen LogP contribution in [-0.2, 0) is 9.47 Å². The third-order valence-corrected chi connectivity index (χ3v) is 2.31. The Morgan fingerprint density at radius 3 is 2.87 bits per heavy atom. The molecule has 0 spiro atoms. The van der Waals surface area contributed by atoms with E-state index in [9.17, 15) is 0 Å². The van der Waals surface area contributed by atoms with Crippen LogP contribution in [0.4, 0.5) is 0 Å². The summed E-state index contributed by atoms with van der Waals surface area (Å²) in [6.07, 6.45) is -0.363. The summed E-state index contributed by atoms with van der Waals surface area (Å²) in [6.45, 7) is 5.03. The minimum Gasteiger partial charge on any atom is -0.460 e. The van der Waals surface area contributed by atoms with Crippen LogP contribution in [0.3, 0.4) is 0 Å². The molecule has 0 fully saturated rings. The van der Waals surface area contributed by atoms with Gasteiger partial charge in [-0.05, 0) is 6.07 Å². The first-order valence-electron chi connectivity index (χ1n) is 4.88. The van der Waals surface area contributed by atoms with Gasteiger partial charge in [0.15, 0.2) is 0 Å². The standard InChI is InChI=1S/C12H14O3/c1-9-10-5-3-4-6-11(10)15-12(9)14-8-7-13-2/h3-6,12H,1,7-8H2,2H3. The SMILES string of the molecule is C=C1c2ccccc2OC1OCCOC. The van der Waals surface area contributed by atoms with Crippen LogP contribution in [0.1, 0.15) is 5.56 Å². The average Bonchev–Trinajstić information content (AvgIpc) is 2.57. The van der Waals surface area contributed by atoms with Crippen molar-refractivity contribution in [2.45, 2.75) is 6.29 Å². The molecule has 3 nitrogen and oxygen atoms in total. The maximum Gasteiger partial charge on any atom is 0.226 e. The fraction of sp³-hybridized carbons (Fsp3) is 0.333. The number of para-hydroxylation sites is 1. The van der Waals surface area contributed by atoms with Crippen molar-refractivity contribution in [2.75, 3.05) is 20.3 Å². The van der Waals surface area contributed by atoms with Crippen LogP contribution in [0.15, 0.2) is 30.8 Å². The summed E-state index contributed by atoms with van der Waals surface area (Å²) in [7, 11) is 1.64. The van der Waals surface area contributed by atoms with Crippen LogP contribution in [0, 0.1) is 0 Å². The second-order valence-electron chi connectivity index (χ2n) is 3.33. The molecule has 15 heavy (non-hydrogen) atoms. The Morgan fingerprint density at radius 1 is 1.33 bits per heavy atom. The first kappa shape index (κ1) is 10.2. The predicted octanol–water partition coefficient (Wildman–Crippen LogP) is 2.08. The summed E-state index contributed by atoms with van der Waals surface area (Å²) in [6, 6.07) is 7.80. The molecule has 1 unspecified atom stereocenters. The fourth-order valence-electron chi connectivity index (χ4n) is 1.52. The zero-order valence-corrected chi connectivity index (χ0v) is 8.73. The second-order valence-corrected chi connectivity index (χ2v) is 3.33. The summed E-state index contributed by atoms with van der Waals surface area (Å²) in [5.74, 6) is 0.838. The maximum absolute atomic E-state index is 5.59. The van der Waals surface area contributed by atoms with E-state index < -0.39 is 0 Å². The van der Waals surface area contributed by atoms with E-state index in [1.165, 1.54) is 0 Å². The lowest BCUT2D eigenvalue weighted by Gasteiger charge is -2.12. The van der Waals surface area contributed by atoms with E-state index in [-0.39, 0.29) is 6.29 Å². The Bertz CT molecular complexity index is 360. The highest BCUT2D eigenvalue weighted by atomic mass is 16.7. The van der Waals surface area contributed by atoms with Crippen LogP contribution in [0.2, 0.25) is 0 Å². The van der Waals surface area contributed by atoms with Crippen molar-refractivity contribution < 1.29 is 14.2 Å². The zero-order valence-electron chi connectivity index (χ0n) is 8.73. The summed E-state index contributed by atoms with van der Waals surface area (Å²) in [5.41, 5.74) is 1.90. The molecular formula is C12H14O3. The summed E-state index contributed by atoms with van der Waals surface area (Å²) < 4.78 is 16.0. The zero-order chi connectivity index (χ0) is 10.7. The van der Waals surface area contributed by atoms with Crippen LogP contribution in [0.5, 0.6) is 5.75 Å². The van der Waals surface area contributed by atoms with E-state index in [0.717, 1.165) is 16.9 Å². The molecule has 0 N–H and O–H groups in total. The van der Waals surface area contributed by atoms with E-state index in [4.69, 9.17) is 14.2 Å². The number of hydrogen-bond donors (Lipinski definition) is 0. The molecule has 2 rings (SSSR count). The summed E-state index contributed by atoms with van der Waals surface area (Å²) >= 11 is 0. The molecule has 0 aromatic heterocycles. The van der Waals surface area contributed by atoms with Gasteiger partial charge < -0.3 is 14.2 Å². The summed E-state index contributed by atoms with van der Waals surface area (Å²) in [4.78, 5) is 0. The first-order chi connectivity index (χ1) is 7.33. The van der Waals surface area contributed by atoms with Crippen molar-refractivity contribution in [1.82, 2.24) is 0 Å². The molecule has 1 atom stereocenters. The largest absolute Gasteiger partial charge is 0.460 e. The highest BCUT2D eigenvalue weighted by Crippen LogP contribution is 2.36. The first-order valence-corrected chi connectivity index (χ1v) is 4.88. The molecule has 0 amide bonds. The smallest absolute Gasteiger partial charge is 0.226 e. The molecule has 1 aromatic carbocycles. The van der Waals surface area contributed by atoms with Gasteiger partial charge in [0.25, 0.3) is 0 Å². The number of ether oxygens (including phenoxy) is 3. The molecule has 3 heteroatoms. The van der Waals surface area contributed by atoms with E-state index in [2.05, 4.69) is 6.58 Å². The highest BCUT2D eigenvalue weighted by molar-refractivity contribution is 5.74. The Balaban J connectivity index is 2.01. The number of rotatable bonds is 4. The van der Waals surface area contributed by atoms with Crippen molar-refractivity contribution in [3.63, 3.8) is 0 Å². The van der Waals surface area contributed by atoms with Crippen LogP contribution >= 0.6 is 0 Å². The van der Waals surface area contributed by atoms with Gasteiger partial charge in [-0.2, -0.15) is 0 Å². The van der Waals surface area contributed by atoms with Crippen molar-refractivity contribution in [3.8, 4) is 5.75 Å². The minimum absolute atomic E-state index is 0.363. The number of fused-ring (bicyclic) bond motifs is 1. The van der Waals surface area contributed by atoms with Gasteiger partial charge in [-0.1, -0.05) is 24.8 Å². The van der Waals surface area contributed by atoms with Crippen molar-refractivity contribution in [2.24, 2.45) is 0 Å². The van der Waals surface area contributed by atoms with E-state index in [1.54, 1.807) is 7.11 Å². The van der Waals surface area contributed by atoms with Crippen LogP contribution in [-0.4, -0.2) is 26.6 Å². The van der Waals surface area contributed by atoms with Crippen molar-refractivity contribution in [3.05, 3.63) is 36.4 Å². The number of methoxy groups -OCH3 is 1. The average molecular weight is 206 g/mol. The Labute approximate surface area is 89.3 Å².